The Morgan fingerprint density at radius 3 is 2.43 bits per heavy atom. The largest absolute Gasteiger partial charge is 0.393 e. The molecule has 0 aliphatic heterocycles. The summed E-state index contributed by atoms with van der Waals surface area (Å²) in [5.74, 6) is 2.92. The van der Waals surface area contributed by atoms with E-state index in [1.165, 1.54) is 24.8 Å². The lowest BCUT2D eigenvalue weighted by molar-refractivity contribution is -0.0808. The second-order valence-electron chi connectivity index (χ2n) is 12.4. The molecule has 0 saturated heterocycles. The fraction of sp³-hybridized carbons (Fsp3) is 0.926. The number of allylic oxidation sites excluding steroid dienone is 1. The lowest BCUT2D eigenvalue weighted by atomic mass is 9.46. The Morgan fingerprint density at radius 1 is 1.00 bits per heavy atom. The molecule has 0 radical (unpaired) electrons. The molecule has 172 valence electrons. The molecular weight excluding hydrogens is 372 g/mol. The third kappa shape index (κ3) is 3.61. The average Bonchev–Trinajstić information content (AvgIpc) is 2.96. The van der Waals surface area contributed by atoms with Crippen molar-refractivity contribution in [3.63, 3.8) is 0 Å². The zero-order valence-electron chi connectivity index (χ0n) is 20.0. The highest BCUT2D eigenvalue weighted by molar-refractivity contribution is 5.25. The molecule has 0 spiro atoms. The van der Waals surface area contributed by atoms with E-state index in [9.17, 15) is 15.3 Å². The van der Waals surface area contributed by atoms with Gasteiger partial charge in [0.1, 0.15) is 0 Å². The summed E-state index contributed by atoms with van der Waals surface area (Å²) in [6.07, 6.45) is 10.9. The number of hydrogen-bond donors (Lipinski definition) is 3. The molecule has 4 aliphatic rings. The molecule has 3 heteroatoms. The second-order valence-corrected chi connectivity index (χ2v) is 12.4. The van der Waals surface area contributed by atoms with Gasteiger partial charge < -0.3 is 15.3 Å². The standard InChI is InChI=1S/C27H46O3/c1-16(2)6-9-23(29)17(3)25-24(30)15-22-20-8-7-18-14-19(28)10-12-26(18,4)21(20)11-13-27(22,25)5/h14,16-17,19-25,28-30H,6-13,15H2,1-5H3/t17-,19+,20-,21+,22+,23+,24+,25+,26+,27+/m1/s1. The van der Waals surface area contributed by atoms with Gasteiger partial charge in [-0.2, -0.15) is 0 Å². The van der Waals surface area contributed by atoms with E-state index in [4.69, 9.17) is 0 Å². The molecule has 3 N–H and O–H groups in total. The van der Waals surface area contributed by atoms with Crippen LogP contribution in [0.25, 0.3) is 0 Å². The zero-order valence-corrected chi connectivity index (χ0v) is 20.0. The molecule has 10 atom stereocenters. The Hall–Kier alpha value is -0.380. The van der Waals surface area contributed by atoms with Gasteiger partial charge in [0.05, 0.1) is 18.3 Å². The van der Waals surface area contributed by atoms with Crippen molar-refractivity contribution < 1.29 is 15.3 Å². The van der Waals surface area contributed by atoms with Crippen LogP contribution in [0.4, 0.5) is 0 Å². The summed E-state index contributed by atoms with van der Waals surface area (Å²) in [6.45, 7) is 11.5. The molecule has 3 fully saturated rings. The first-order valence-electron chi connectivity index (χ1n) is 12.8. The molecule has 0 amide bonds. The van der Waals surface area contributed by atoms with Gasteiger partial charge in [0.2, 0.25) is 0 Å². The van der Waals surface area contributed by atoms with E-state index in [1.54, 1.807) is 0 Å². The van der Waals surface area contributed by atoms with Crippen molar-refractivity contribution in [3.05, 3.63) is 11.6 Å². The van der Waals surface area contributed by atoms with Crippen LogP contribution in [0, 0.1) is 46.3 Å². The van der Waals surface area contributed by atoms with Crippen LogP contribution >= 0.6 is 0 Å². The predicted molar refractivity (Wildman–Crippen MR) is 122 cm³/mol. The lowest BCUT2D eigenvalue weighted by Crippen LogP contribution is -2.51. The fourth-order valence-electron chi connectivity index (χ4n) is 8.72. The maximum absolute atomic E-state index is 11.2. The third-order valence-electron chi connectivity index (χ3n) is 10.4. The highest BCUT2D eigenvalue weighted by atomic mass is 16.3. The Labute approximate surface area is 184 Å². The van der Waals surface area contributed by atoms with Crippen molar-refractivity contribution in [3.8, 4) is 0 Å². The van der Waals surface area contributed by atoms with Crippen LogP contribution in [0.3, 0.4) is 0 Å². The van der Waals surface area contributed by atoms with Gasteiger partial charge in [0.25, 0.3) is 0 Å². The van der Waals surface area contributed by atoms with Gasteiger partial charge in [0.15, 0.2) is 0 Å². The maximum atomic E-state index is 11.2. The van der Waals surface area contributed by atoms with Crippen LogP contribution < -0.4 is 0 Å². The zero-order chi connectivity index (χ0) is 21.8. The SMILES string of the molecule is CC(C)CC[C@H](O)[C@@H](C)[C@H]1[C@@H](O)C[C@H]2[C@@H]3CCC4=C[C@@H](O)CC[C@]4(C)[C@H]3CC[C@]12C. The third-order valence-corrected chi connectivity index (χ3v) is 10.4. The normalized spacial score (nSPS) is 47.8. The summed E-state index contributed by atoms with van der Waals surface area (Å²) < 4.78 is 0. The van der Waals surface area contributed by atoms with Crippen molar-refractivity contribution in [2.75, 3.05) is 0 Å². The van der Waals surface area contributed by atoms with Crippen molar-refractivity contribution in [2.24, 2.45) is 46.3 Å². The molecule has 0 unspecified atom stereocenters. The number of fused-ring (bicyclic) bond motifs is 5. The molecular formula is C27H46O3. The molecule has 3 saturated carbocycles. The first-order valence-corrected chi connectivity index (χ1v) is 12.8. The van der Waals surface area contributed by atoms with E-state index in [0.717, 1.165) is 38.5 Å². The predicted octanol–water partition coefficient (Wildman–Crippen LogP) is 5.33. The number of aliphatic hydroxyl groups excluding tert-OH is 3. The molecule has 0 aromatic carbocycles. The van der Waals surface area contributed by atoms with Crippen LogP contribution in [0.2, 0.25) is 0 Å². The van der Waals surface area contributed by atoms with Crippen molar-refractivity contribution >= 4 is 0 Å². The lowest BCUT2D eigenvalue weighted by Gasteiger charge is -2.59. The number of hydrogen-bond acceptors (Lipinski definition) is 3. The Kier molecular flexibility index (Phi) is 6.23. The quantitative estimate of drug-likeness (QED) is 0.529. The fourth-order valence-corrected chi connectivity index (χ4v) is 8.72. The van der Waals surface area contributed by atoms with E-state index < -0.39 is 0 Å². The minimum atomic E-state index is -0.307. The summed E-state index contributed by atoms with van der Waals surface area (Å²) in [6, 6.07) is 0. The van der Waals surface area contributed by atoms with E-state index in [1.807, 2.05) is 0 Å². The van der Waals surface area contributed by atoms with Crippen LogP contribution in [0.5, 0.6) is 0 Å². The molecule has 3 nitrogen and oxygen atoms in total. The van der Waals surface area contributed by atoms with E-state index >= 15 is 0 Å². The number of rotatable bonds is 5. The Bertz CT molecular complexity index is 656. The molecule has 0 aromatic rings. The van der Waals surface area contributed by atoms with Crippen molar-refractivity contribution in [2.45, 2.75) is 111 Å². The topological polar surface area (TPSA) is 60.7 Å². The smallest absolute Gasteiger partial charge is 0.0724 e. The van der Waals surface area contributed by atoms with Gasteiger partial charge in [-0.15, -0.1) is 0 Å². The minimum absolute atomic E-state index is 0.143. The molecule has 4 aliphatic carbocycles. The van der Waals surface area contributed by atoms with Crippen molar-refractivity contribution in [1.29, 1.82) is 0 Å². The highest BCUT2D eigenvalue weighted by Crippen LogP contribution is 2.67. The van der Waals surface area contributed by atoms with E-state index in [-0.39, 0.29) is 41.0 Å². The molecule has 0 bridgehead atoms. The van der Waals surface area contributed by atoms with E-state index in [2.05, 4.69) is 40.7 Å². The molecule has 30 heavy (non-hydrogen) atoms. The van der Waals surface area contributed by atoms with Crippen LogP contribution in [-0.2, 0) is 0 Å². The van der Waals surface area contributed by atoms with Gasteiger partial charge >= 0.3 is 0 Å². The Morgan fingerprint density at radius 2 is 1.73 bits per heavy atom. The summed E-state index contributed by atoms with van der Waals surface area (Å²) in [5, 5.41) is 32.4. The summed E-state index contributed by atoms with van der Waals surface area (Å²) >= 11 is 0. The van der Waals surface area contributed by atoms with Gasteiger partial charge in [-0.1, -0.05) is 46.3 Å². The van der Waals surface area contributed by atoms with Crippen LogP contribution in [-0.4, -0.2) is 33.6 Å². The number of aliphatic hydroxyl groups is 3. The molecule has 4 rings (SSSR count). The minimum Gasteiger partial charge on any atom is -0.393 e. The molecule has 0 aromatic heterocycles. The summed E-state index contributed by atoms with van der Waals surface area (Å²) in [7, 11) is 0. The maximum Gasteiger partial charge on any atom is 0.0724 e. The van der Waals surface area contributed by atoms with Gasteiger partial charge in [-0.05, 0) is 104 Å². The first-order chi connectivity index (χ1) is 14.1. The average molecular weight is 419 g/mol. The van der Waals surface area contributed by atoms with Crippen LogP contribution in [0.1, 0.15) is 92.4 Å². The van der Waals surface area contributed by atoms with Crippen molar-refractivity contribution in [1.82, 2.24) is 0 Å². The molecule has 0 heterocycles. The van der Waals surface area contributed by atoms with E-state index in [0.29, 0.717) is 23.7 Å². The summed E-state index contributed by atoms with van der Waals surface area (Å²) in [5.41, 5.74) is 1.90. The van der Waals surface area contributed by atoms with Gasteiger partial charge in [0, 0.05) is 0 Å². The van der Waals surface area contributed by atoms with Gasteiger partial charge in [-0.25, -0.2) is 0 Å². The van der Waals surface area contributed by atoms with Gasteiger partial charge in [-0.3, -0.25) is 0 Å². The van der Waals surface area contributed by atoms with Crippen LogP contribution in [0.15, 0.2) is 11.6 Å². The Balaban J connectivity index is 1.55. The summed E-state index contributed by atoms with van der Waals surface area (Å²) in [4.78, 5) is 0. The first kappa shape index (κ1) is 22.8. The monoisotopic (exact) mass is 418 g/mol. The highest BCUT2D eigenvalue weighted by Gasteiger charge is 2.62. The second kappa shape index (κ2) is 8.19.